The fourth-order valence-electron chi connectivity index (χ4n) is 2.64. The number of oxime groups is 1. The van der Waals surface area contributed by atoms with E-state index in [4.69, 9.17) is 9.57 Å². The number of aromatic nitrogens is 2. The van der Waals surface area contributed by atoms with Crippen LogP contribution in [-0.4, -0.2) is 22.4 Å². The minimum atomic E-state index is 0.437. The maximum absolute atomic E-state index is 5.97. The summed E-state index contributed by atoms with van der Waals surface area (Å²) in [6.45, 7) is 2.48. The molecule has 0 amide bonds. The van der Waals surface area contributed by atoms with Crippen molar-refractivity contribution < 1.29 is 9.57 Å². The van der Waals surface area contributed by atoms with Gasteiger partial charge in [0.15, 0.2) is 11.5 Å². The number of aryl methyl sites for hydroxylation is 2. The van der Waals surface area contributed by atoms with Gasteiger partial charge in [0.05, 0.1) is 0 Å². The van der Waals surface area contributed by atoms with Crippen molar-refractivity contribution in [3.63, 3.8) is 0 Å². The minimum Gasteiger partial charge on any atom is -0.489 e. The van der Waals surface area contributed by atoms with E-state index in [1.54, 1.807) is 6.20 Å². The normalized spacial score (nSPS) is 11.4. The van der Waals surface area contributed by atoms with E-state index < -0.39 is 0 Å². The van der Waals surface area contributed by atoms with Crippen molar-refractivity contribution in [2.45, 2.75) is 13.5 Å². The van der Waals surface area contributed by atoms with Gasteiger partial charge in [0, 0.05) is 25.0 Å². The predicted octanol–water partition coefficient (Wildman–Crippen LogP) is 3.71. The number of imidazole rings is 1. The van der Waals surface area contributed by atoms with Crippen LogP contribution in [0.1, 0.15) is 22.5 Å². The molecule has 0 aliphatic rings. The zero-order valence-electron chi connectivity index (χ0n) is 14.6. The number of hydrogen-bond donors (Lipinski definition) is 0. The van der Waals surface area contributed by atoms with Crippen LogP contribution in [0.15, 0.2) is 66.1 Å². The van der Waals surface area contributed by atoms with E-state index in [0.29, 0.717) is 12.3 Å². The summed E-state index contributed by atoms with van der Waals surface area (Å²) in [6.07, 6.45) is 3.62. The molecule has 3 rings (SSSR count). The Morgan fingerprint density at radius 3 is 2.72 bits per heavy atom. The fraction of sp³-hybridized carbons (Fsp3) is 0.200. The van der Waals surface area contributed by atoms with Crippen molar-refractivity contribution >= 4 is 5.71 Å². The average molecular weight is 335 g/mol. The van der Waals surface area contributed by atoms with Crippen LogP contribution in [0.25, 0.3) is 0 Å². The molecule has 5 nitrogen and oxygen atoms in total. The Kier molecular flexibility index (Phi) is 5.14. The topological polar surface area (TPSA) is 48.6 Å². The molecule has 0 spiro atoms. The third-order valence-electron chi connectivity index (χ3n) is 3.87. The molecule has 0 bridgehead atoms. The van der Waals surface area contributed by atoms with Gasteiger partial charge in [0.25, 0.3) is 0 Å². The summed E-state index contributed by atoms with van der Waals surface area (Å²) in [6, 6.07) is 16.0. The summed E-state index contributed by atoms with van der Waals surface area (Å²) in [7, 11) is 3.47. The molecular formula is C20H21N3O2. The first-order valence-electron chi connectivity index (χ1n) is 8.05. The highest BCUT2D eigenvalue weighted by Gasteiger charge is 2.16. The van der Waals surface area contributed by atoms with Crippen LogP contribution in [0.5, 0.6) is 5.75 Å². The van der Waals surface area contributed by atoms with E-state index in [2.05, 4.69) is 10.1 Å². The van der Waals surface area contributed by atoms with E-state index in [1.807, 2.05) is 73.3 Å². The maximum Gasteiger partial charge on any atom is 0.162 e. The number of nitrogens with zero attached hydrogens (tertiary/aromatic N) is 3. The lowest BCUT2D eigenvalue weighted by atomic mass is 10.0. The van der Waals surface area contributed by atoms with Gasteiger partial charge in [-0.3, -0.25) is 0 Å². The largest absolute Gasteiger partial charge is 0.489 e. The quantitative estimate of drug-likeness (QED) is 0.510. The third-order valence-corrected chi connectivity index (χ3v) is 3.87. The van der Waals surface area contributed by atoms with Crippen molar-refractivity contribution in [1.82, 2.24) is 9.55 Å². The molecule has 128 valence electrons. The SMILES string of the molecule is CO/N=C(/c1ccccc1COc1cccc(C)c1)c1nccn1C. The second-order valence-electron chi connectivity index (χ2n) is 5.75. The molecule has 0 aliphatic heterocycles. The van der Waals surface area contributed by atoms with Crippen LogP contribution >= 0.6 is 0 Å². The van der Waals surface area contributed by atoms with Crippen LogP contribution in [0.2, 0.25) is 0 Å². The summed E-state index contributed by atoms with van der Waals surface area (Å²) >= 11 is 0. The van der Waals surface area contributed by atoms with Crippen molar-refractivity contribution in [1.29, 1.82) is 0 Å². The van der Waals surface area contributed by atoms with Gasteiger partial charge in [-0.05, 0) is 30.2 Å². The molecule has 2 aromatic carbocycles. The molecule has 0 N–H and O–H groups in total. The molecule has 0 radical (unpaired) electrons. The maximum atomic E-state index is 5.97. The standard InChI is InChI=1S/C20H21N3O2/c1-15-7-6-9-17(13-15)25-14-16-8-4-5-10-18(16)19(22-24-3)20-21-11-12-23(20)2/h4-13H,14H2,1-3H3/b22-19-. The van der Waals surface area contributed by atoms with Gasteiger partial charge in [0.1, 0.15) is 19.5 Å². The first kappa shape index (κ1) is 16.8. The van der Waals surface area contributed by atoms with Crippen molar-refractivity contribution in [3.05, 3.63) is 83.4 Å². The predicted molar refractivity (Wildman–Crippen MR) is 97.8 cm³/mol. The zero-order chi connectivity index (χ0) is 17.6. The van der Waals surface area contributed by atoms with Crippen LogP contribution in [0, 0.1) is 6.92 Å². The van der Waals surface area contributed by atoms with E-state index >= 15 is 0 Å². The molecule has 0 unspecified atom stereocenters. The highest BCUT2D eigenvalue weighted by molar-refractivity contribution is 6.11. The van der Waals surface area contributed by atoms with Gasteiger partial charge in [-0.15, -0.1) is 0 Å². The van der Waals surface area contributed by atoms with Crippen LogP contribution in [0.4, 0.5) is 0 Å². The Morgan fingerprint density at radius 1 is 1.16 bits per heavy atom. The number of hydrogen-bond acceptors (Lipinski definition) is 4. The lowest BCUT2D eigenvalue weighted by molar-refractivity contribution is 0.213. The van der Waals surface area contributed by atoms with Gasteiger partial charge in [-0.1, -0.05) is 41.6 Å². The number of rotatable bonds is 6. The third kappa shape index (κ3) is 3.88. The fourth-order valence-corrected chi connectivity index (χ4v) is 2.64. The Balaban J connectivity index is 1.92. The smallest absolute Gasteiger partial charge is 0.162 e. The number of benzene rings is 2. The molecule has 0 saturated carbocycles. The van der Waals surface area contributed by atoms with Crippen LogP contribution in [0.3, 0.4) is 0 Å². The van der Waals surface area contributed by atoms with E-state index in [1.165, 1.54) is 12.7 Å². The van der Waals surface area contributed by atoms with Crippen molar-refractivity contribution in [2.24, 2.45) is 12.2 Å². The Hall–Kier alpha value is -3.08. The summed E-state index contributed by atoms with van der Waals surface area (Å²) in [5.41, 5.74) is 3.80. The molecule has 1 aromatic heterocycles. The first-order chi connectivity index (χ1) is 12.2. The molecule has 5 heteroatoms. The zero-order valence-corrected chi connectivity index (χ0v) is 14.6. The van der Waals surface area contributed by atoms with Gasteiger partial charge in [0.2, 0.25) is 0 Å². The number of ether oxygens (including phenoxy) is 1. The second-order valence-corrected chi connectivity index (χ2v) is 5.75. The summed E-state index contributed by atoms with van der Waals surface area (Å²) < 4.78 is 7.88. The lowest BCUT2D eigenvalue weighted by Gasteiger charge is -2.13. The molecule has 0 aliphatic carbocycles. The van der Waals surface area contributed by atoms with Gasteiger partial charge >= 0.3 is 0 Å². The Morgan fingerprint density at radius 2 is 2.00 bits per heavy atom. The van der Waals surface area contributed by atoms with E-state index in [9.17, 15) is 0 Å². The van der Waals surface area contributed by atoms with Gasteiger partial charge in [-0.2, -0.15) is 0 Å². The Labute approximate surface area is 147 Å². The molecular weight excluding hydrogens is 314 g/mol. The summed E-state index contributed by atoms with van der Waals surface area (Å²) in [5.74, 6) is 1.59. The molecule has 3 aromatic rings. The summed E-state index contributed by atoms with van der Waals surface area (Å²) in [4.78, 5) is 9.46. The van der Waals surface area contributed by atoms with Crippen molar-refractivity contribution in [2.75, 3.05) is 7.11 Å². The highest BCUT2D eigenvalue weighted by Crippen LogP contribution is 2.19. The summed E-state index contributed by atoms with van der Waals surface area (Å²) in [5, 5.41) is 4.21. The van der Waals surface area contributed by atoms with Crippen molar-refractivity contribution in [3.8, 4) is 5.75 Å². The first-order valence-corrected chi connectivity index (χ1v) is 8.05. The second kappa shape index (κ2) is 7.66. The van der Waals surface area contributed by atoms with E-state index in [0.717, 1.165) is 22.7 Å². The van der Waals surface area contributed by atoms with Gasteiger partial charge in [-0.25, -0.2) is 4.98 Å². The van der Waals surface area contributed by atoms with Gasteiger partial charge < -0.3 is 14.1 Å². The highest BCUT2D eigenvalue weighted by atomic mass is 16.6. The molecule has 25 heavy (non-hydrogen) atoms. The molecule has 0 saturated heterocycles. The molecule has 1 heterocycles. The molecule has 0 fully saturated rings. The average Bonchev–Trinajstić information content (AvgIpc) is 3.04. The van der Waals surface area contributed by atoms with Crippen LogP contribution < -0.4 is 4.74 Å². The van der Waals surface area contributed by atoms with Crippen LogP contribution in [-0.2, 0) is 18.5 Å². The minimum absolute atomic E-state index is 0.437. The Bertz CT molecular complexity index is 884. The lowest BCUT2D eigenvalue weighted by Crippen LogP contribution is -2.14. The van der Waals surface area contributed by atoms with E-state index in [-0.39, 0.29) is 0 Å². The molecule has 0 atom stereocenters. The monoisotopic (exact) mass is 335 g/mol.